The van der Waals surface area contributed by atoms with Crippen molar-refractivity contribution in [2.24, 2.45) is 0 Å². The molecule has 0 saturated carbocycles. The van der Waals surface area contributed by atoms with E-state index in [1.807, 2.05) is 26.0 Å². The van der Waals surface area contributed by atoms with Crippen LogP contribution in [0.2, 0.25) is 0 Å². The molecule has 4 rings (SSSR count). The van der Waals surface area contributed by atoms with Crippen LogP contribution < -0.4 is 24.3 Å². The monoisotopic (exact) mass is 491 g/mol. The summed E-state index contributed by atoms with van der Waals surface area (Å²) in [5, 5.41) is 7.58. The summed E-state index contributed by atoms with van der Waals surface area (Å²) in [5.41, 5.74) is 3.92. The molecule has 2 heterocycles. The van der Waals surface area contributed by atoms with E-state index >= 15 is 0 Å². The second-order valence-corrected chi connectivity index (χ2v) is 8.12. The van der Waals surface area contributed by atoms with Crippen LogP contribution in [0.4, 0.5) is 5.69 Å². The third-order valence-corrected chi connectivity index (χ3v) is 5.94. The van der Waals surface area contributed by atoms with Gasteiger partial charge in [0.2, 0.25) is 5.91 Å². The number of carbonyl (C=O) groups is 1. The zero-order valence-electron chi connectivity index (χ0n) is 21.2. The molecule has 2 aromatic heterocycles. The number of aromatic nitrogens is 4. The van der Waals surface area contributed by atoms with Gasteiger partial charge in [0.05, 0.1) is 34.1 Å². The standard InChI is InChI=1S/C26H29N5O5/c1-15-21(8-10-24(32)28-22-14-18(33-3)7-9-23(22)36-6)16(2)31-26(27-15)29-25(30-31)17-11-19(34-4)13-20(12-17)35-5/h7,9,11-14H,8,10H2,1-6H3,(H,28,32). The highest BCUT2D eigenvalue weighted by Crippen LogP contribution is 2.30. The van der Waals surface area contributed by atoms with E-state index in [1.54, 1.807) is 57.2 Å². The molecule has 0 radical (unpaired) electrons. The highest BCUT2D eigenvalue weighted by Gasteiger charge is 2.17. The molecule has 0 bridgehead atoms. The molecule has 1 N–H and O–H groups in total. The Bertz CT molecular complexity index is 1390. The lowest BCUT2D eigenvalue weighted by atomic mass is 10.1. The molecule has 36 heavy (non-hydrogen) atoms. The number of rotatable bonds is 9. The zero-order chi connectivity index (χ0) is 25.8. The lowest BCUT2D eigenvalue weighted by molar-refractivity contribution is -0.116. The molecule has 2 aromatic carbocycles. The van der Waals surface area contributed by atoms with E-state index in [0.717, 1.165) is 22.5 Å². The fourth-order valence-corrected chi connectivity index (χ4v) is 3.99. The number of ether oxygens (including phenoxy) is 4. The topological polar surface area (TPSA) is 109 Å². The molecular formula is C26H29N5O5. The van der Waals surface area contributed by atoms with Gasteiger partial charge >= 0.3 is 0 Å². The summed E-state index contributed by atoms with van der Waals surface area (Å²) in [5.74, 6) is 3.31. The Morgan fingerprint density at radius 2 is 1.58 bits per heavy atom. The Morgan fingerprint density at radius 1 is 0.889 bits per heavy atom. The van der Waals surface area contributed by atoms with Crippen molar-refractivity contribution < 1.29 is 23.7 Å². The predicted molar refractivity (Wildman–Crippen MR) is 135 cm³/mol. The largest absolute Gasteiger partial charge is 0.497 e. The summed E-state index contributed by atoms with van der Waals surface area (Å²) >= 11 is 0. The molecule has 0 aliphatic rings. The van der Waals surface area contributed by atoms with E-state index in [-0.39, 0.29) is 12.3 Å². The first-order valence-electron chi connectivity index (χ1n) is 11.3. The third-order valence-electron chi connectivity index (χ3n) is 5.94. The maximum Gasteiger partial charge on any atom is 0.253 e. The Hall–Kier alpha value is -4.34. The first-order valence-corrected chi connectivity index (χ1v) is 11.3. The number of hydrogen-bond donors (Lipinski definition) is 1. The second-order valence-electron chi connectivity index (χ2n) is 8.12. The first kappa shape index (κ1) is 24.8. The van der Waals surface area contributed by atoms with Gasteiger partial charge in [0.15, 0.2) is 5.82 Å². The van der Waals surface area contributed by atoms with Crippen molar-refractivity contribution in [2.75, 3.05) is 33.8 Å². The van der Waals surface area contributed by atoms with Crippen LogP contribution in [0.5, 0.6) is 23.0 Å². The summed E-state index contributed by atoms with van der Waals surface area (Å²) in [7, 11) is 6.32. The summed E-state index contributed by atoms with van der Waals surface area (Å²) in [4.78, 5) is 22.0. The molecule has 0 aliphatic heterocycles. The number of anilines is 1. The SMILES string of the molecule is COc1cc(OC)cc(-c2nc3nc(C)c(CCC(=O)Nc4cc(OC)ccc4OC)c(C)n3n2)c1. The van der Waals surface area contributed by atoms with Gasteiger partial charge in [-0.15, -0.1) is 5.10 Å². The van der Waals surface area contributed by atoms with Crippen LogP contribution in [0.25, 0.3) is 17.2 Å². The highest BCUT2D eigenvalue weighted by atomic mass is 16.5. The fraction of sp³-hybridized carbons (Fsp3) is 0.308. The molecule has 0 aliphatic carbocycles. The Balaban J connectivity index is 1.57. The van der Waals surface area contributed by atoms with Crippen molar-refractivity contribution in [3.05, 3.63) is 53.3 Å². The normalized spacial score (nSPS) is 10.8. The molecule has 10 heteroatoms. The van der Waals surface area contributed by atoms with Gasteiger partial charge in [0.1, 0.15) is 23.0 Å². The van der Waals surface area contributed by atoms with Crippen LogP contribution in [-0.2, 0) is 11.2 Å². The number of aryl methyl sites for hydroxylation is 2. The van der Waals surface area contributed by atoms with E-state index in [1.165, 1.54) is 0 Å². The summed E-state index contributed by atoms with van der Waals surface area (Å²) in [6.45, 7) is 3.86. The van der Waals surface area contributed by atoms with Gasteiger partial charge in [0, 0.05) is 35.5 Å². The Labute approximate surface area is 209 Å². The van der Waals surface area contributed by atoms with Crippen molar-refractivity contribution in [3.63, 3.8) is 0 Å². The maximum atomic E-state index is 12.8. The van der Waals surface area contributed by atoms with E-state index in [9.17, 15) is 4.79 Å². The van der Waals surface area contributed by atoms with Crippen molar-refractivity contribution >= 4 is 17.4 Å². The van der Waals surface area contributed by atoms with Crippen LogP contribution in [0.15, 0.2) is 36.4 Å². The van der Waals surface area contributed by atoms with E-state index < -0.39 is 0 Å². The lowest BCUT2D eigenvalue weighted by Gasteiger charge is -2.13. The number of fused-ring (bicyclic) bond motifs is 1. The van der Waals surface area contributed by atoms with Crippen molar-refractivity contribution in [1.82, 2.24) is 19.6 Å². The van der Waals surface area contributed by atoms with Crippen molar-refractivity contribution in [3.8, 4) is 34.4 Å². The number of benzene rings is 2. The molecular weight excluding hydrogens is 462 g/mol. The van der Waals surface area contributed by atoms with Gasteiger partial charge in [-0.05, 0) is 50.1 Å². The van der Waals surface area contributed by atoms with Crippen LogP contribution >= 0.6 is 0 Å². The van der Waals surface area contributed by atoms with Gasteiger partial charge in [-0.3, -0.25) is 4.79 Å². The number of carbonyl (C=O) groups excluding carboxylic acids is 1. The molecule has 1 amide bonds. The molecule has 0 saturated heterocycles. The third kappa shape index (κ3) is 5.02. The number of nitrogens with zero attached hydrogens (tertiary/aromatic N) is 4. The van der Waals surface area contributed by atoms with Gasteiger partial charge in [-0.1, -0.05) is 0 Å². The number of amides is 1. The molecule has 0 spiro atoms. The van der Waals surface area contributed by atoms with Crippen LogP contribution in [-0.4, -0.2) is 53.9 Å². The van der Waals surface area contributed by atoms with Gasteiger partial charge < -0.3 is 24.3 Å². The van der Waals surface area contributed by atoms with Crippen LogP contribution in [0.3, 0.4) is 0 Å². The minimum absolute atomic E-state index is 0.150. The molecule has 188 valence electrons. The first-order chi connectivity index (χ1) is 17.4. The van der Waals surface area contributed by atoms with E-state index in [4.69, 9.17) is 18.9 Å². The van der Waals surface area contributed by atoms with E-state index in [0.29, 0.717) is 46.7 Å². The van der Waals surface area contributed by atoms with Crippen LogP contribution in [0.1, 0.15) is 23.4 Å². The minimum atomic E-state index is -0.150. The Kier molecular flexibility index (Phi) is 7.23. The highest BCUT2D eigenvalue weighted by molar-refractivity contribution is 5.92. The number of methoxy groups -OCH3 is 4. The second kappa shape index (κ2) is 10.5. The number of nitrogens with one attached hydrogen (secondary N) is 1. The van der Waals surface area contributed by atoms with Gasteiger partial charge in [-0.25, -0.2) is 9.50 Å². The predicted octanol–water partition coefficient (Wildman–Crippen LogP) is 4.01. The molecule has 0 atom stereocenters. The lowest BCUT2D eigenvalue weighted by Crippen LogP contribution is -2.15. The maximum absolute atomic E-state index is 12.8. The molecule has 0 fully saturated rings. The minimum Gasteiger partial charge on any atom is -0.497 e. The molecule has 4 aromatic rings. The smallest absolute Gasteiger partial charge is 0.253 e. The quantitative estimate of drug-likeness (QED) is 0.374. The summed E-state index contributed by atoms with van der Waals surface area (Å²) in [6.07, 6.45) is 0.741. The average Bonchev–Trinajstić information content (AvgIpc) is 3.32. The summed E-state index contributed by atoms with van der Waals surface area (Å²) in [6, 6.07) is 10.7. The zero-order valence-corrected chi connectivity index (χ0v) is 21.2. The number of hydrogen-bond acceptors (Lipinski definition) is 8. The molecule has 10 nitrogen and oxygen atoms in total. The summed E-state index contributed by atoms with van der Waals surface area (Å²) < 4.78 is 23.0. The average molecular weight is 492 g/mol. The molecule has 0 unspecified atom stereocenters. The van der Waals surface area contributed by atoms with Crippen molar-refractivity contribution in [1.29, 1.82) is 0 Å². The van der Waals surface area contributed by atoms with Crippen LogP contribution in [0, 0.1) is 13.8 Å². The Morgan fingerprint density at radius 3 is 2.22 bits per heavy atom. The van der Waals surface area contributed by atoms with E-state index in [2.05, 4.69) is 20.4 Å². The fourth-order valence-electron chi connectivity index (χ4n) is 3.99. The van der Waals surface area contributed by atoms with Gasteiger partial charge in [0.25, 0.3) is 5.78 Å². The van der Waals surface area contributed by atoms with Gasteiger partial charge in [-0.2, -0.15) is 4.98 Å². The van der Waals surface area contributed by atoms with Crippen molar-refractivity contribution in [2.45, 2.75) is 26.7 Å².